The minimum absolute atomic E-state index is 0.0275. The number of ether oxygens (including phenoxy) is 1. The topological polar surface area (TPSA) is 52.4 Å². The molecule has 2 rings (SSSR count). The highest BCUT2D eigenvalue weighted by molar-refractivity contribution is 9.10. The molecule has 2 aromatic rings. The molecule has 2 aromatic carbocycles. The highest BCUT2D eigenvalue weighted by atomic mass is 79.9. The zero-order valence-electron chi connectivity index (χ0n) is 9.98. The smallest absolute Gasteiger partial charge is 0.274 e. The Morgan fingerprint density at radius 2 is 2.00 bits per heavy atom. The van der Waals surface area contributed by atoms with Crippen LogP contribution in [0.4, 0.5) is 5.69 Å². The second-order valence-electron chi connectivity index (χ2n) is 3.86. The molecule has 0 radical (unpaired) electrons. The fourth-order valence-corrected chi connectivity index (χ4v) is 2.30. The Morgan fingerprint density at radius 3 is 2.65 bits per heavy atom. The Labute approximate surface area is 133 Å². The molecule has 0 fully saturated rings. The summed E-state index contributed by atoms with van der Waals surface area (Å²) in [6.45, 7) is 0. The van der Waals surface area contributed by atoms with Gasteiger partial charge in [0.05, 0.1) is 15.8 Å². The van der Waals surface area contributed by atoms with Crippen molar-refractivity contribution in [3.05, 3.63) is 61.6 Å². The molecule has 0 bridgehead atoms. The second-order valence-corrected chi connectivity index (χ2v) is 5.45. The fourth-order valence-electron chi connectivity index (χ4n) is 1.59. The molecule has 104 valence electrons. The summed E-state index contributed by atoms with van der Waals surface area (Å²) in [6, 6.07) is 9.58. The van der Waals surface area contributed by atoms with Gasteiger partial charge in [0.25, 0.3) is 5.69 Å². The average molecular weight is 377 g/mol. The van der Waals surface area contributed by atoms with Gasteiger partial charge in [-0.25, -0.2) is 0 Å². The molecule has 0 aromatic heterocycles. The van der Waals surface area contributed by atoms with E-state index in [1.807, 2.05) is 0 Å². The van der Waals surface area contributed by atoms with E-state index in [4.69, 9.17) is 27.9 Å². The van der Waals surface area contributed by atoms with Gasteiger partial charge < -0.3 is 4.74 Å². The van der Waals surface area contributed by atoms with E-state index < -0.39 is 4.92 Å². The Hall–Kier alpha value is -1.30. The molecule has 7 heteroatoms. The van der Waals surface area contributed by atoms with Gasteiger partial charge in [-0.05, 0) is 30.3 Å². The van der Waals surface area contributed by atoms with Crippen molar-refractivity contribution in [1.29, 1.82) is 0 Å². The van der Waals surface area contributed by atoms with Gasteiger partial charge in [0, 0.05) is 16.1 Å². The van der Waals surface area contributed by atoms with Crippen LogP contribution in [0.2, 0.25) is 5.02 Å². The average Bonchev–Trinajstić information content (AvgIpc) is 2.42. The first-order valence-corrected chi connectivity index (χ1v) is 7.18. The zero-order valence-corrected chi connectivity index (χ0v) is 13.1. The molecular formula is C13H8BrCl2NO3. The number of hydrogen-bond acceptors (Lipinski definition) is 3. The Balaban J connectivity index is 2.34. The molecule has 0 saturated heterocycles. The van der Waals surface area contributed by atoms with E-state index in [-0.39, 0.29) is 11.6 Å². The second kappa shape index (κ2) is 6.43. The molecule has 0 heterocycles. The van der Waals surface area contributed by atoms with Crippen LogP contribution in [0.1, 0.15) is 5.56 Å². The van der Waals surface area contributed by atoms with E-state index in [0.717, 1.165) is 4.47 Å². The van der Waals surface area contributed by atoms with Gasteiger partial charge in [-0.15, -0.1) is 11.6 Å². The monoisotopic (exact) mass is 375 g/mol. The number of hydrogen-bond donors (Lipinski definition) is 0. The van der Waals surface area contributed by atoms with Crippen molar-refractivity contribution in [3.8, 4) is 11.5 Å². The van der Waals surface area contributed by atoms with Gasteiger partial charge in [0.1, 0.15) is 11.5 Å². The van der Waals surface area contributed by atoms with Crippen molar-refractivity contribution in [2.75, 3.05) is 0 Å². The van der Waals surface area contributed by atoms with Crippen molar-refractivity contribution in [2.45, 2.75) is 5.88 Å². The van der Waals surface area contributed by atoms with E-state index >= 15 is 0 Å². The quantitative estimate of drug-likeness (QED) is 0.399. The molecule has 0 aliphatic heterocycles. The van der Waals surface area contributed by atoms with Gasteiger partial charge in [0.15, 0.2) is 0 Å². The molecule has 4 nitrogen and oxygen atoms in total. The molecule has 0 saturated carbocycles. The normalized spacial score (nSPS) is 10.3. The van der Waals surface area contributed by atoms with Crippen LogP contribution in [0, 0.1) is 10.1 Å². The largest absolute Gasteiger partial charge is 0.456 e. The van der Waals surface area contributed by atoms with Crippen LogP contribution in [-0.2, 0) is 5.88 Å². The Morgan fingerprint density at radius 1 is 1.25 bits per heavy atom. The third kappa shape index (κ3) is 3.42. The first kappa shape index (κ1) is 15.1. The van der Waals surface area contributed by atoms with Crippen molar-refractivity contribution in [2.24, 2.45) is 0 Å². The summed E-state index contributed by atoms with van der Waals surface area (Å²) in [5.41, 5.74) is 0.355. The van der Waals surface area contributed by atoms with Crippen LogP contribution in [0.15, 0.2) is 40.9 Å². The Kier molecular flexibility index (Phi) is 4.86. The van der Waals surface area contributed by atoms with Gasteiger partial charge in [0.2, 0.25) is 0 Å². The van der Waals surface area contributed by atoms with E-state index in [1.54, 1.807) is 18.2 Å². The number of nitro groups is 1. The third-order valence-electron chi connectivity index (χ3n) is 2.51. The number of nitro benzene ring substituents is 1. The SMILES string of the molecule is O=[N+]([O-])c1ccc(Oc2cc(Br)ccc2Cl)cc1CCl. The number of nitrogens with zero attached hydrogens (tertiary/aromatic N) is 1. The maximum atomic E-state index is 10.8. The van der Waals surface area contributed by atoms with Gasteiger partial charge >= 0.3 is 0 Å². The summed E-state index contributed by atoms with van der Waals surface area (Å²) < 4.78 is 6.44. The van der Waals surface area contributed by atoms with Gasteiger partial charge in [-0.3, -0.25) is 10.1 Å². The lowest BCUT2D eigenvalue weighted by atomic mass is 10.2. The van der Waals surface area contributed by atoms with Gasteiger partial charge in [-0.1, -0.05) is 27.5 Å². The lowest BCUT2D eigenvalue weighted by Gasteiger charge is -2.09. The molecule has 0 N–H and O–H groups in total. The number of alkyl halides is 1. The lowest BCUT2D eigenvalue weighted by Crippen LogP contribution is -1.94. The highest BCUT2D eigenvalue weighted by Gasteiger charge is 2.14. The van der Waals surface area contributed by atoms with Gasteiger partial charge in [-0.2, -0.15) is 0 Å². The summed E-state index contributed by atoms with van der Waals surface area (Å²) in [5.74, 6) is 0.918. The van der Waals surface area contributed by atoms with E-state index in [0.29, 0.717) is 22.1 Å². The Bertz CT molecular complexity index is 664. The minimum Gasteiger partial charge on any atom is -0.456 e. The standard InChI is InChI=1S/C13H8BrCl2NO3/c14-9-1-3-11(16)13(6-9)20-10-2-4-12(17(18)19)8(5-10)7-15/h1-6H,7H2. The molecular weight excluding hydrogens is 369 g/mol. The summed E-state index contributed by atoms with van der Waals surface area (Å²) in [4.78, 5) is 10.3. The summed E-state index contributed by atoms with van der Waals surface area (Å²) >= 11 is 15.1. The molecule has 0 aliphatic rings. The zero-order chi connectivity index (χ0) is 14.7. The molecule has 0 spiro atoms. The van der Waals surface area contributed by atoms with Crippen LogP contribution in [0.5, 0.6) is 11.5 Å². The number of rotatable bonds is 4. The van der Waals surface area contributed by atoms with Crippen LogP contribution in [-0.4, -0.2) is 4.92 Å². The predicted octanol–water partition coefficient (Wildman–Crippen LogP) is 5.54. The maximum absolute atomic E-state index is 10.8. The first-order chi connectivity index (χ1) is 9.51. The number of benzene rings is 2. The molecule has 0 unspecified atom stereocenters. The molecule has 0 aliphatic carbocycles. The molecule has 0 amide bonds. The van der Waals surface area contributed by atoms with Crippen molar-refractivity contribution in [1.82, 2.24) is 0 Å². The highest BCUT2D eigenvalue weighted by Crippen LogP contribution is 2.34. The van der Waals surface area contributed by atoms with Crippen molar-refractivity contribution >= 4 is 44.8 Å². The van der Waals surface area contributed by atoms with E-state index in [2.05, 4.69) is 15.9 Å². The van der Waals surface area contributed by atoms with Crippen LogP contribution in [0.3, 0.4) is 0 Å². The van der Waals surface area contributed by atoms with Crippen molar-refractivity contribution < 1.29 is 9.66 Å². The summed E-state index contributed by atoms with van der Waals surface area (Å²) in [6.07, 6.45) is 0. The van der Waals surface area contributed by atoms with E-state index in [9.17, 15) is 10.1 Å². The number of halogens is 3. The van der Waals surface area contributed by atoms with Crippen LogP contribution in [0.25, 0.3) is 0 Å². The first-order valence-electron chi connectivity index (χ1n) is 5.47. The van der Waals surface area contributed by atoms with Crippen LogP contribution >= 0.6 is 39.1 Å². The third-order valence-corrected chi connectivity index (χ3v) is 3.61. The summed E-state index contributed by atoms with van der Waals surface area (Å²) in [7, 11) is 0. The maximum Gasteiger partial charge on any atom is 0.274 e. The minimum atomic E-state index is -0.479. The fraction of sp³-hybridized carbons (Fsp3) is 0.0769. The lowest BCUT2D eigenvalue weighted by molar-refractivity contribution is -0.385. The van der Waals surface area contributed by atoms with Crippen LogP contribution < -0.4 is 4.74 Å². The van der Waals surface area contributed by atoms with Crippen molar-refractivity contribution in [3.63, 3.8) is 0 Å². The van der Waals surface area contributed by atoms with E-state index in [1.165, 1.54) is 18.2 Å². The molecule has 0 atom stereocenters. The predicted molar refractivity (Wildman–Crippen MR) is 81.9 cm³/mol. The molecule has 20 heavy (non-hydrogen) atoms. The summed E-state index contributed by atoms with van der Waals surface area (Å²) in [5, 5.41) is 11.3.